The first-order valence-electron chi connectivity index (χ1n) is 9.91. The minimum Gasteiger partial charge on any atom is -0.331 e. The van der Waals surface area contributed by atoms with Crippen LogP contribution >= 0.6 is 23.2 Å². The number of fused-ring (bicyclic) bond motifs is 2. The third-order valence-corrected chi connectivity index (χ3v) is 7.00. The average Bonchev–Trinajstić information content (AvgIpc) is 3.04. The van der Waals surface area contributed by atoms with Crippen LogP contribution < -0.4 is 0 Å². The van der Waals surface area contributed by atoms with Crippen molar-refractivity contribution in [3.05, 3.63) is 75.0 Å². The van der Waals surface area contributed by atoms with E-state index in [-0.39, 0.29) is 0 Å². The Bertz CT molecular complexity index is 1040. The summed E-state index contributed by atoms with van der Waals surface area (Å²) in [7, 11) is 2.11. The van der Waals surface area contributed by atoms with Gasteiger partial charge in [0.05, 0.1) is 10.7 Å². The van der Waals surface area contributed by atoms with Gasteiger partial charge in [-0.05, 0) is 48.6 Å². The Morgan fingerprint density at radius 3 is 2.68 bits per heavy atom. The van der Waals surface area contributed by atoms with E-state index in [1.165, 1.54) is 22.5 Å². The Balaban J connectivity index is 1.41. The highest BCUT2D eigenvalue weighted by Crippen LogP contribution is 2.34. The first-order valence-corrected chi connectivity index (χ1v) is 10.7. The Hall–Kier alpha value is -1.81. The van der Waals surface area contributed by atoms with Gasteiger partial charge in [0.1, 0.15) is 5.82 Å². The van der Waals surface area contributed by atoms with Crippen molar-refractivity contribution in [1.82, 2.24) is 14.5 Å². The van der Waals surface area contributed by atoms with Gasteiger partial charge >= 0.3 is 0 Å². The van der Waals surface area contributed by atoms with Crippen LogP contribution in [-0.4, -0.2) is 27.0 Å². The molecule has 5 heteroatoms. The van der Waals surface area contributed by atoms with Crippen molar-refractivity contribution in [1.29, 1.82) is 0 Å². The van der Waals surface area contributed by atoms with Crippen LogP contribution in [0.1, 0.15) is 28.9 Å². The number of hydrogen-bond acceptors (Lipinski definition) is 2. The molecule has 2 aromatic carbocycles. The van der Waals surface area contributed by atoms with Gasteiger partial charge in [-0.25, -0.2) is 4.98 Å². The summed E-state index contributed by atoms with van der Waals surface area (Å²) in [6.07, 6.45) is 4.29. The summed E-state index contributed by atoms with van der Waals surface area (Å²) in [5.74, 6) is 0.975. The highest BCUT2D eigenvalue weighted by Gasteiger charge is 2.31. The molecule has 0 N–H and O–H groups in total. The molecule has 0 fully saturated rings. The number of benzene rings is 2. The number of imidazole rings is 1. The Kier molecular flexibility index (Phi) is 4.70. The maximum atomic E-state index is 6.48. The predicted molar refractivity (Wildman–Crippen MR) is 115 cm³/mol. The minimum absolute atomic E-state index is 0.519. The molecule has 0 saturated heterocycles. The molecule has 2 aliphatic rings. The summed E-state index contributed by atoms with van der Waals surface area (Å²) in [6, 6.07) is 14.8. The second-order valence-electron chi connectivity index (χ2n) is 7.86. The predicted octanol–water partition coefficient (Wildman–Crippen LogP) is 5.31. The number of hydrogen-bond donors (Lipinski definition) is 0. The van der Waals surface area contributed by atoms with Crippen LogP contribution in [0.4, 0.5) is 0 Å². The summed E-state index contributed by atoms with van der Waals surface area (Å²) in [5, 5.41) is 1.66. The van der Waals surface area contributed by atoms with Crippen molar-refractivity contribution in [3.63, 3.8) is 0 Å². The topological polar surface area (TPSA) is 21.1 Å². The quantitative estimate of drug-likeness (QED) is 0.569. The summed E-state index contributed by atoms with van der Waals surface area (Å²) >= 11 is 12.9. The van der Waals surface area contributed by atoms with Crippen LogP contribution in [0.5, 0.6) is 0 Å². The molecule has 28 heavy (non-hydrogen) atoms. The second-order valence-corrected chi connectivity index (χ2v) is 8.68. The smallest absolute Gasteiger partial charge is 0.141 e. The van der Waals surface area contributed by atoms with Crippen LogP contribution in [0, 0.1) is 0 Å². The summed E-state index contributed by atoms with van der Waals surface area (Å²) < 4.78 is 2.23. The van der Waals surface area contributed by atoms with Crippen LogP contribution in [0.3, 0.4) is 0 Å². The summed E-state index contributed by atoms with van der Waals surface area (Å²) in [4.78, 5) is 7.61. The van der Waals surface area contributed by atoms with Gasteiger partial charge in [-0.3, -0.25) is 4.90 Å². The lowest BCUT2D eigenvalue weighted by molar-refractivity contribution is 0.161. The third kappa shape index (κ3) is 3.06. The first-order chi connectivity index (χ1) is 13.6. The lowest BCUT2D eigenvalue weighted by Gasteiger charge is -2.37. The van der Waals surface area contributed by atoms with Crippen LogP contribution in [0.2, 0.25) is 10.0 Å². The van der Waals surface area contributed by atoms with E-state index in [0.717, 1.165) is 60.2 Å². The zero-order chi connectivity index (χ0) is 19.3. The molecule has 5 rings (SSSR count). The number of rotatable bonds is 2. The fourth-order valence-corrected chi connectivity index (χ4v) is 5.23. The maximum absolute atomic E-state index is 6.48. The Morgan fingerprint density at radius 1 is 1.00 bits per heavy atom. The minimum atomic E-state index is 0.519. The van der Waals surface area contributed by atoms with Gasteiger partial charge < -0.3 is 4.57 Å². The molecule has 1 aromatic heterocycles. The van der Waals surface area contributed by atoms with Crippen molar-refractivity contribution >= 4 is 23.2 Å². The molecular weight excluding hydrogens is 389 g/mol. The van der Waals surface area contributed by atoms with Crippen molar-refractivity contribution in [2.24, 2.45) is 7.05 Å². The number of nitrogens with zero attached hydrogens (tertiary/aromatic N) is 3. The highest BCUT2D eigenvalue weighted by molar-refractivity contribution is 6.33. The molecule has 3 aromatic rings. The zero-order valence-electron chi connectivity index (χ0n) is 16.0. The molecule has 0 saturated carbocycles. The van der Waals surface area contributed by atoms with Crippen molar-refractivity contribution in [2.45, 2.75) is 38.3 Å². The van der Waals surface area contributed by atoms with Gasteiger partial charge in [0, 0.05) is 48.9 Å². The van der Waals surface area contributed by atoms with Crippen molar-refractivity contribution in [3.8, 4) is 11.4 Å². The normalized spacial score (nSPS) is 19.3. The first kappa shape index (κ1) is 18.2. The van der Waals surface area contributed by atoms with E-state index in [9.17, 15) is 0 Å². The highest BCUT2D eigenvalue weighted by atomic mass is 35.5. The SMILES string of the molecule is Cn1c(-c2ccccc2Cl)nc2c1CC[C@H](N1CCc3cccc(Cl)c3C1)C2. The molecule has 144 valence electrons. The fourth-order valence-electron chi connectivity index (χ4n) is 4.76. The largest absolute Gasteiger partial charge is 0.331 e. The molecule has 1 aliphatic heterocycles. The number of halogens is 2. The monoisotopic (exact) mass is 411 g/mol. The van der Waals surface area contributed by atoms with Crippen LogP contribution in [0.15, 0.2) is 42.5 Å². The van der Waals surface area contributed by atoms with Gasteiger partial charge in [0.2, 0.25) is 0 Å². The third-order valence-electron chi connectivity index (χ3n) is 6.32. The van der Waals surface area contributed by atoms with Gasteiger partial charge in [0.25, 0.3) is 0 Å². The van der Waals surface area contributed by atoms with Gasteiger partial charge in [0.15, 0.2) is 0 Å². The average molecular weight is 412 g/mol. The fraction of sp³-hybridized carbons (Fsp3) is 0.348. The van der Waals surface area contributed by atoms with Crippen molar-refractivity contribution in [2.75, 3.05) is 6.54 Å². The molecule has 1 aliphatic carbocycles. The van der Waals surface area contributed by atoms with Crippen molar-refractivity contribution < 1.29 is 0 Å². The Morgan fingerprint density at radius 2 is 1.82 bits per heavy atom. The number of aromatic nitrogens is 2. The molecule has 1 atom stereocenters. The molecule has 0 radical (unpaired) electrons. The van der Waals surface area contributed by atoms with Gasteiger partial charge in [-0.15, -0.1) is 0 Å². The molecule has 2 heterocycles. The molecule has 0 spiro atoms. The molecule has 0 unspecified atom stereocenters. The van der Waals surface area contributed by atoms with E-state index in [2.05, 4.69) is 34.7 Å². The van der Waals surface area contributed by atoms with E-state index in [1.54, 1.807) is 0 Å². The molecule has 0 bridgehead atoms. The van der Waals surface area contributed by atoms with E-state index < -0.39 is 0 Å². The Labute approximate surface area is 175 Å². The molecular formula is C23H23Cl2N3. The van der Waals surface area contributed by atoms with E-state index >= 15 is 0 Å². The standard InChI is InChI=1S/C23H23Cl2N3/c1-27-22-10-9-16(28-12-11-15-5-4-8-20(25)18(15)14-28)13-21(22)26-23(27)17-6-2-3-7-19(17)24/h2-8,16H,9-14H2,1H3/t16-/m0/s1. The summed E-state index contributed by atoms with van der Waals surface area (Å²) in [6.45, 7) is 2.04. The summed E-state index contributed by atoms with van der Waals surface area (Å²) in [5.41, 5.74) is 6.29. The van der Waals surface area contributed by atoms with Crippen LogP contribution in [0.25, 0.3) is 11.4 Å². The van der Waals surface area contributed by atoms with Gasteiger partial charge in [-0.1, -0.05) is 47.5 Å². The molecule has 0 amide bonds. The molecule has 3 nitrogen and oxygen atoms in total. The second kappa shape index (κ2) is 7.22. The maximum Gasteiger partial charge on any atom is 0.141 e. The van der Waals surface area contributed by atoms with Gasteiger partial charge in [-0.2, -0.15) is 0 Å². The van der Waals surface area contributed by atoms with E-state index in [1.807, 2.05) is 24.3 Å². The van der Waals surface area contributed by atoms with Crippen LogP contribution in [-0.2, 0) is 32.9 Å². The lowest BCUT2D eigenvalue weighted by Crippen LogP contribution is -2.42. The lowest BCUT2D eigenvalue weighted by atomic mass is 9.91. The van der Waals surface area contributed by atoms with E-state index in [0.29, 0.717) is 6.04 Å². The zero-order valence-corrected chi connectivity index (χ0v) is 17.5. The van der Waals surface area contributed by atoms with E-state index in [4.69, 9.17) is 28.2 Å².